The highest BCUT2D eigenvalue weighted by atomic mass is 32.7. The first-order valence-corrected chi connectivity index (χ1v) is 10.9. The Labute approximate surface area is 108 Å². The van der Waals surface area contributed by atoms with Crippen LogP contribution in [0.25, 0.3) is 0 Å². The molecule has 0 N–H and O–H groups in total. The first-order chi connectivity index (χ1) is 7.95. The number of nitrogens with zero attached hydrogens (tertiary/aromatic N) is 1. The zero-order chi connectivity index (χ0) is 13.4. The Bertz CT molecular complexity index is 291. The second-order valence-corrected chi connectivity index (χ2v) is 10.7. The molecule has 0 saturated carbocycles. The Morgan fingerprint density at radius 2 is 1.47 bits per heavy atom. The van der Waals surface area contributed by atoms with Gasteiger partial charge in [0.1, 0.15) is 6.48 Å². The van der Waals surface area contributed by atoms with Gasteiger partial charge in [-0.25, -0.2) is 4.57 Å². The van der Waals surface area contributed by atoms with Crippen molar-refractivity contribution in [1.82, 2.24) is 0 Å². The van der Waals surface area contributed by atoms with E-state index in [1.54, 1.807) is 25.2 Å². The molecular formula is C9H23NO4P2S. The second-order valence-electron chi connectivity index (χ2n) is 3.03. The van der Waals surface area contributed by atoms with Gasteiger partial charge in [-0.15, -0.1) is 0 Å². The van der Waals surface area contributed by atoms with Crippen molar-refractivity contribution < 1.29 is 18.1 Å². The maximum atomic E-state index is 12.3. The zero-order valence-corrected chi connectivity index (χ0v) is 13.8. The van der Waals surface area contributed by atoms with Gasteiger partial charge in [0.2, 0.25) is 0 Å². The molecule has 0 aromatic rings. The predicted molar refractivity (Wildman–Crippen MR) is 75.9 cm³/mol. The molecule has 0 bridgehead atoms. The van der Waals surface area contributed by atoms with Gasteiger partial charge in [-0.1, -0.05) is 18.3 Å². The first-order valence-electron chi connectivity index (χ1n) is 5.74. The fraction of sp³-hybridized carbons (Fsp3) is 1.00. The van der Waals surface area contributed by atoms with Crippen LogP contribution in [0.1, 0.15) is 27.7 Å². The largest absolute Gasteiger partial charge is 0.455 e. The smallest absolute Gasteiger partial charge is 0.336 e. The minimum atomic E-state index is -3.37. The van der Waals surface area contributed by atoms with E-state index in [9.17, 15) is 4.57 Å². The van der Waals surface area contributed by atoms with E-state index in [4.69, 9.17) is 13.6 Å². The van der Waals surface area contributed by atoms with Gasteiger partial charge in [-0.3, -0.25) is 9.05 Å². The molecule has 0 aliphatic rings. The van der Waals surface area contributed by atoms with E-state index in [0.29, 0.717) is 19.8 Å². The lowest BCUT2D eigenvalue weighted by molar-refractivity contribution is 0.221. The number of rotatable bonds is 9. The fourth-order valence-electron chi connectivity index (χ4n) is 1.18. The van der Waals surface area contributed by atoms with Crippen molar-refractivity contribution in [2.24, 2.45) is 4.52 Å². The Morgan fingerprint density at radius 3 is 1.82 bits per heavy atom. The van der Waals surface area contributed by atoms with Crippen molar-refractivity contribution in [1.29, 1.82) is 0 Å². The SMILES string of the molecule is CCOP(=O)(N=P(C)(OCC)SCC)OCC. The lowest BCUT2D eigenvalue weighted by Crippen LogP contribution is -1.94. The molecule has 0 radical (unpaired) electrons. The minimum Gasteiger partial charge on any atom is -0.336 e. The van der Waals surface area contributed by atoms with Crippen LogP contribution in [-0.2, 0) is 18.1 Å². The molecule has 0 fully saturated rings. The Morgan fingerprint density at radius 1 is 1.00 bits per heavy atom. The van der Waals surface area contributed by atoms with E-state index in [1.807, 2.05) is 20.5 Å². The van der Waals surface area contributed by atoms with E-state index in [-0.39, 0.29) is 0 Å². The Balaban J connectivity index is 5.14. The van der Waals surface area contributed by atoms with Crippen LogP contribution in [0.2, 0.25) is 0 Å². The molecule has 0 amide bonds. The lowest BCUT2D eigenvalue weighted by Gasteiger charge is -2.21. The molecule has 1 atom stereocenters. The van der Waals surface area contributed by atoms with Crippen LogP contribution in [0.5, 0.6) is 0 Å². The van der Waals surface area contributed by atoms with Gasteiger partial charge in [0.05, 0.1) is 19.8 Å². The van der Waals surface area contributed by atoms with E-state index < -0.39 is 14.2 Å². The molecule has 17 heavy (non-hydrogen) atoms. The van der Waals surface area contributed by atoms with Gasteiger partial charge in [-0.05, 0) is 26.5 Å². The van der Waals surface area contributed by atoms with Crippen LogP contribution >= 0.6 is 25.6 Å². The van der Waals surface area contributed by atoms with Gasteiger partial charge >= 0.3 is 7.75 Å². The van der Waals surface area contributed by atoms with Crippen molar-refractivity contribution in [3.05, 3.63) is 0 Å². The van der Waals surface area contributed by atoms with Gasteiger partial charge in [0, 0.05) is 6.66 Å². The van der Waals surface area contributed by atoms with Crippen LogP contribution in [0.3, 0.4) is 0 Å². The molecule has 8 heteroatoms. The Kier molecular flexibility index (Phi) is 9.09. The molecule has 1 unspecified atom stereocenters. The minimum absolute atomic E-state index is 0.309. The van der Waals surface area contributed by atoms with E-state index >= 15 is 0 Å². The third-order valence-electron chi connectivity index (χ3n) is 1.59. The maximum absolute atomic E-state index is 12.3. The summed E-state index contributed by atoms with van der Waals surface area (Å²) in [7, 11) is -3.37. The van der Waals surface area contributed by atoms with E-state index in [0.717, 1.165) is 5.75 Å². The van der Waals surface area contributed by atoms with Crippen LogP contribution in [0, 0.1) is 0 Å². The topological polar surface area (TPSA) is 57.1 Å². The van der Waals surface area contributed by atoms with Crippen molar-refractivity contribution in [3.8, 4) is 0 Å². The summed E-state index contributed by atoms with van der Waals surface area (Å²) in [6, 6.07) is 0. The van der Waals surface area contributed by atoms with Crippen molar-refractivity contribution in [2.75, 3.05) is 32.2 Å². The van der Waals surface area contributed by atoms with Gasteiger partial charge in [0.15, 0.2) is 0 Å². The summed E-state index contributed by atoms with van der Waals surface area (Å²) < 4.78 is 32.5. The fourth-order valence-corrected chi connectivity index (χ4v) is 8.61. The Hall–Kier alpha value is 0.690. The average molecular weight is 303 g/mol. The third kappa shape index (κ3) is 7.00. The highest BCUT2D eigenvalue weighted by molar-refractivity contribution is 8.57. The molecule has 5 nitrogen and oxygen atoms in total. The average Bonchev–Trinajstić information content (AvgIpc) is 2.17. The summed E-state index contributed by atoms with van der Waals surface area (Å²) in [5, 5.41) is 0. The quantitative estimate of drug-likeness (QED) is 0.582. The second kappa shape index (κ2) is 8.73. The monoisotopic (exact) mass is 303 g/mol. The third-order valence-corrected chi connectivity index (χ3v) is 9.60. The lowest BCUT2D eigenvalue weighted by atomic mass is 10.9. The zero-order valence-electron chi connectivity index (χ0n) is 11.2. The number of hydrogen-bond donors (Lipinski definition) is 0. The summed E-state index contributed by atoms with van der Waals surface area (Å²) in [4.78, 5) is 0. The highest BCUT2D eigenvalue weighted by Gasteiger charge is 2.28. The van der Waals surface area contributed by atoms with Crippen LogP contribution in [0.15, 0.2) is 4.52 Å². The maximum Gasteiger partial charge on any atom is 0.455 e. The number of hydrogen-bond acceptors (Lipinski definition) is 5. The van der Waals surface area contributed by atoms with Crippen LogP contribution in [0.4, 0.5) is 0 Å². The highest BCUT2D eigenvalue weighted by Crippen LogP contribution is 2.68. The van der Waals surface area contributed by atoms with Gasteiger partial charge in [0.25, 0.3) is 0 Å². The van der Waals surface area contributed by atoms with Crippen LogP contribution < -0.4 is 0 Å². The predicted octanol–water partition coefficient (Wildman–Crippen LogP) is 4.62. The molecule has 0 heterocycles. The molecule has 0 aliphatic carbocycles. The molecule has 0 aliphatic heterocycles. The normalized spacial score (nSPS) is 15.6. The summed E-state index contributed by atoms with van der Waals surface area (Å²) in [6.07, 6.45) is 0. The van der Waals surface area contributed by atoms with Gasteiger partial charge in [-0.2, -0.15) is 4.52 Å². The summed E-state index contributed by atoms with van der Waals surface area (Å²) in [5.41, 5.74) is 0. The van der Waals surface area contributed by atoms with Crippen molar-refractivity contribution >= 4 is 25.6 Å². The van der Waals surface area contributed by atoms with Crippen molar-refractivity contribution in [2.45, 2.75) is 27.7 Å². The summed E-state index contributed by atoms with van der Waals surface area (Å²) in [5.74, 6) is 0.853. The molecule has 0 aromatic heterocycles. The first kappa shape index (κ1) is 17.7. The summed E-state index contributed by atoms with van der Waals surface area (Å²) in [6.45, 7) is 8.38. The molecular weight excluding hydrogens is 280 g/mol. The molecule has 0 aromatic carbocycles. The van der Waals surface area contributed by atoms with E-state index in [2.05, 4.69) is 4.52 Å². The van der Waals surface area contributed by atoms with E-state index in [1.165, 1.54) is 0 Å². The molecule has 0 rings (SSSR count). The standard InChI is InChI=1S/C9H23NO4P2S/c1-6-12-15(5,17-9-4)10-16(11,13-7-2)14-8-3/h6-9H2,1-5H3. The van der Waals surface area contributed by atoms with Crippen LogP contribution in [-0.4, -0.2) is 32.2 Å². The molecule has 0 saturated heterocycles. The summed E-state index contributed by atoms with van der Waals surface area (Å²) >= 11 is 1.57. The van der Waals surface area contributed by atoms with Crippen molar-refractivity contribution in [3.63, 3.8) is 0 Å². The molecule has 104 valence electrons. The van der Waals surface area contributed by atoms with Gasteiger partial charge < -0.3 is 4.52 Å². The molecule has 0 spiro atoms.